The van der Waals surface area contributed by atoms with Crippen LogP contribution in [-0.4, -0.2) is 31.7 Å². The normalized spacial score (nSPS) is 16.0. The second-order valence-electron chi connectivity index (χ2n) is 7.20. The number of alkyl halides is 3. The standard InChI is InChI=1S/C20H21F3N4O/c1-14(15-5-4-6-16(13-15)20(21,22)23)25(17-8-9-17)11-12-27-19(28)26-10-3-2-7-18(26)24-27/h2-7,10,13-14,17H,8-9,11-12H2,1H3. The molecule has 1 atom stereocenters. The van der Waals surface area contributed by atoms with Crippen molar-refractivity contribution in [1.82, 2.24) is 19.1 Å². The predicted molar refractivity (Wildman–Crippen MR) is 99.0 cm³/mol. The van der Waals surface area contributed by atoms with Gasteiger partial charge in [0.05, 0.1) is 12.1 Å². The average molecular weight is 390 g/mol. The van der Waals surface area contributed by atoms with E-state index in [1.807, 2.05) is 13.0 Å². The maximum absolute atomic E-state index is 13.1. The minimum atomic E-state index is -4.36. The summed E-state index contributed by atoms with van der Waals surface area (Å²) in [6.45, 7) is 2.85. The molecule has 148 valence electrons. The molecule has 3 aromatic rings. The minimum absolute atomic E-state index is 0.178. The number of hydrogen-bond acceptors (Lipinski definition) is 3. The summed E-state index contributed by atoms with van der Waals surface area (Å²) in [5, 5.41) is 4.33. The highest BCUT2D eigenvalue weighted by atomic mass is 19.4. The molecule has 0 radical (unpaired) electrons. The molecule has 0 amide bonds. The Morgan fingerprint density at radius 3 is 2.68 bits per heavy atom. The molecule has 2 heterocycles. The Kier molecular flexibility index (Phi) is 4.74. The van der Waals surface area contributed by atoms with Gasteiger partial charge in [-0.15, -0.1) is 5.10 Å². The van der Waals surface area contributed by atoms with E-state index < -0.39 is 11.7 Å². The molecule has 1 aliphatic carbocycles. The van der Waals surface area contributed by atoms with Crippen LogP contribution in [0.4, 0.5) is 13.2 Å². The zero-order chi connectivity index (χ0) is 19.9. The summed E-state index contributed by atoms with van der Waals surface area (Å²) in [6.07, 6.45) is -0.651. The van der Waals surface area contributed by atoms with Crippen molar-refractivity contribution in [2.75, 3.05) is 6.54 Å². The minimum Gasteiger partial charge on any atom is -0.292 e. The van der Waals surface area contributed by atoms with Crippen molar-refractivity contribution in [1.29, 1.82) is 0 Å². The number of fused-ring (bicyclic) bond motifs is 1. The number of pyridine rings is 1. The first-order chi connectivity index (χ1) is 13.3. The van der Waals surface area contributed by atoms with Crippen LogP contribution in [-0.2, 0) is 12.7 Å². The summed E-state index contributed by atoms with van der Waals surface area (Å²) in [6, 6.07) is 11.0. The van der Waals surface area contributed by atoms with Crippen molar-refractivity contribution >= 4 is 5.65 Å². The Labute approximate surface area is 160 Å². The highest BCUT2D eigenvalue weighted by Gasteiger charge is 2.34. The number of halogens is 3. The summed E-state index contributed by atoms with van der Waals surface area (Å²) in [7, 11) is 0. The molecule has 5 nitrogen and oxygen atoms in total. The van der Waals surface area contributed by atoms with Gasteiger partial charge in [0, 0.05) is 24.8 Å². The molecule has 1 unspecified atom stereocenters. The third-order valence-electron chi connectivity index (χ3n) is 5.27. The number of hydrogen-bond donors (Lipinski definition) is 0. The van der Waals surface area contributed by atoms with E-state index in [4.69, 9.17) is 0 Å². The van der Waals surface area contributed by atoms with Crippen molar-refractivity contribution < 1.29 is 13.2 Å². The fraction of sp³-hybridized carbons (Fsp3) is 0.400. The maximum atomic E-state index is 13.1. The van der Waals surface area contributed by atoms with Crippen molar-refractivity contribution in [2.24, 2.45) is 0 Å². The largest absolute Gasteiger partial charge is 0.416 e. The third kappa shape index (κ3) is 3.69. The van der Waals surface area contributed by atoms with Gasteiger partial charge in [0.15, 0.2) is 5.65 Å². The lowest BCUT2D eigenvalue weighted by Crippen LogP contribution is -2.35. The third-order valence-corrected chi connectivity index (χ3v) is 5.27. The van der Waals surface area contributed by atoms with Gasteiger partial charge in [-0.05, 0) is 49.6 Å². The van der Waals surface area contributed by atoms with Crippen molar-refractivity contribution in [2.45, 2.75) is 44.6 Å². The van der Waals surface area contributed by atoms with Crippen LogP contribution in [0.3, 0.4) is 0 Å². The quantitative estimate of drug-likeness (QED) is 0.644. The van der Waals surface area contributed by atoms with Crippen LogP contribution in [0.15, 0.2) is 53.5 Å². The van der Waals surface area contributed by atoms with Gasteiger partial charge in [-0.3, -0.25) is 9.30 Å². The molecule has 8 heteroatoms. The first-order valence-electron chi connectivity index (χ1n) is 9.32. The molecule has 1 saturated carbocycles. The predicted octanol–water partition coefficient (Wildman–Crippen LogP) is 3.74. The molecule has 0 spiro atoms. The molecule has 1 fully saturated rings. The number of rotatable bonds is 6. The van der Waals surface area contributed by atoms with E-state index >= 15 is 0 Å². The van der Waals surface area contributed by atoms with Gasteiger partial charge < -0.3 is 0 Å². The molecule has 4 rings (SSSR count). The van der Waals surface area contributed by atoms with Gasteiger partial charge >= 0.3 is 11.9 Å². The lowest BCUT2D eigenvalue weighted by Gasteiger charge is -2.29. The topological polar surface area (TPSA) is 42.5 Å². The number of benzene rings is 1. The van der Waals surface area contributed by atoms with Crippen molar-refractivity contribution in [3.05, 3.63) is 70.3 Å². The first-order valence-corrected chi connectivity index (χ1v) is 9.32. The number of aromatic nitrogens is 3. The fourth-order valence-electron chi connectivity index (χ4n) is 3.59. The van der Waals surface area contributed by atoms with E-state index in [9.17, 15) is 18.0 Å². The molecule has 0 saturated heterocycles. The summed E-state index contributed by atoms with van der Waals surface area (Å²) >= 11 is 0. The molecular formula is C20H21F3N4O. The molecule has 0 bridgehead atoms. The van der Waals surface area contributed by atoms with E-state index in [-0.39, 0.29) is 11.7 Å². The molecule has 1 aliphatic rings. The lowest BCUT2D eigenvalue weighted by atomic mass is 10.0. The Morgan fingerprint density at radius 1 is 1.21 bits per heavy atom. The molecule has 1 aromatic carbocycles. The second kappa shape index (κ2) is 7.09. The maximum Gasteiger partial charge on any atom is 0.416 e. The number of nitrogens with zero attached hydrogens (tertiary/aromatic N) is 4. The Morgan fingerprint density at radius 2 is 2.00 bits per heavy atom. The van der Waals surface area contributed by atoms with Crippen LogP contribution in [0.25, 0.3) is 5.65 Å². The van der Waals surface area contributed by atoms with Gasteiger partial charge in [0.2, 0.25) is 0 Å². The molecule has 0 N–H and O–H groups in total. The van der Waals surface area contributed by atoms with Crippen LogP contribution >= 0.6 is 0 Å². The zero-order valence-corrected chi connectivity index (χ0v) is 15.4. The van der Waals surface area contributed by atoms with Gasteiger partial charge in [-0.1, -0.05) is 18.2 Å². The first kappa shape index (κ1) is 18.7. The Hall–Kier alpha value is -2.61. The highest BCUT2D eigenvalue weighted by Crippen LogP contribution is 2.36. The monoisotopic (exact) mass is 390 g/mol. The van der Waals surface area contributed by atoms with E-state index in [0.717, 1.165) is 18.9 Å². The summed E-state index contributed by atoms with van der Waals surface area (Å²) in [5.74, 6) is 0. The van der Waals surface area contributed by atoms with Crippen molar-refractivity contribution in [3.8, 4) is 0 Å². The van der Waals surface area contributed by atoms with E-state index in [0.29, 0.717) is 30.3 Å². The van der Waals surface area contributed by atoms with Crippen LogP contribution in [0.1, 0.15) is 36.9 Å². The zero-order valence-electron chi connectivity index (χ0n) is 15.4. The van der Waals surface area contributed by atoms with Gasteiger partial charge in [0.1, 0.15) is 0 Å². The molecule has 0 aliphatic heterocycles. The average Bonchev–Trinajstić information content (AvgIpc) is 3.46. The molecular weight excluding hydrogens is 369 g/mol. The van der Waals surface area contributed by atoms with E-state index in [1.165, 1.54) is 21.2 Å². The van der Waals surface area contributed by atoms with Gasteiger partial charge in [0.25, 0.3) is 0 Å². The molecule has 2 aromatic heterocycles. The van der Waals surface area contributed by atoms with Crippen LogP contribution < -0.4 is 5.69 Å². The Bertz CT molecular complexity index is 1040. The Balaban J connectivity index is 1.54. The van der Waals surface area contributed by atoms with E-state index in [2.05, 4.69) is 10.00 Å². The van der Waals surface area contributed by atoms with E-state index in [1.54, 1.807) is 24.4 Å². The van der Waals surface area contributed by atoms with Gasteiger partial charge in [-0.2, -0.15) is 13.2 Å². The molecule has 28 heavy (non-hydrogen) atoms. The summed E-state index contributed by atoms with van der Waals surface area (Å²) in [5.41, 5.74) is 0.364. The lowest BCUT2D eigenvalue weighted by molar-refractivity contribution is -0.137. The highest BCUT2D eigenvalue weighted by molar-refractivity contribution is 5.35. The van der Waals surface area contributed by atoms with Crippen LogP contribution in [0, 0.1) is 0 Å². The van der Waals surface area contributed by atoms with Crippen LogP contribution in [0.5, 0.6) is 0 Å². The van der Waals surface area contributed by atoms with Crippen LogP contribution in [0.2, 0.25) is 0 Å². The summed E-state index contributed by atoms with van der Waals surface area (Å²) < 4.78 is 42.1. The smallest absolute Gasteiger partial charge is 0.292 e. The second-order valence-corrected chi connectivity index (χ2v) is 7.20. The SMILES string of the molecule is CC(c1cccc(C(F)(F)F)c1)N(CCn1nc2ccccn2c1=O)C1CC1. The van der Waals surface area contributed by atoms with Crippen molar-refractivity contribution in [3.63, 3.8) is 0 Å². The summed E-state index contributed by atoms with van der Waals surface area (Å²) in [4.78, 5) is 14.6. The fourth-order valence-corrected chi connectivity index (χ4v) is 3.59. The van der Waals surface area contributed by atoms with Gasteiger partial charge in [-0.25, -0.2) is 9.48 Å².